The number of carbonyl (C=O) groups is 1. The Morgan fingerprint density at radius 3 is 2.78 bits per heavy atom. The van der Waals surface area contributed by atoms with Gasteiger partial charge in [0.1, 0.15) is 11.9 Å². The summed E-state index contributed by atoms with van der Waals surface area (Å²) in [6.45, 7) is 0.475. The van der Waals surface area contributed by atoms with E-state index in [1.165, 1.54) is 0 Å². The third-order valence-corrected chi connectivity index (χ3v) is 3.08. The minimum Gasteiger partial charge on any atom is -0.464 e. The Morgan fingerprint density at radius 2 is 2.11 bits per heavy atom. The molecule has 0 amide bonds. The van der Waals surface area contributed by atoms with Crippen molar-refractivity contribution in [3.63, 3.8) is 0 Å². The van der Waals surface area contributed by atoms with Gasteiger partial charge in [-0.25, -0.2) is 9.78 Å². The minimum absolute atomic E-state index is 0.190. The van der Waals surface area contributed by atoms with Crippen molar-refractivity contribution in [3.8, 4) is 11.4 Å². The van der Waals surface area contributed by atoms with E-state index in [1.807, 2.05) is 35.0 Å². The highest BCUT2D eigenvalue weighted by Crippen LogP contribution is 2.27. The van der Waals surface area contributed by atoms with E-state index in [9.17, 15) is 4.79 Å². The summed E-state index contributed by atoms with van der Waals surface area (Å²) in [4.78, 5) is 15.9. The number of benzene rings is 1. The van der Waals surface area contributed by atoms with Gasteiger partial charge in [-0.2, -0.15) is 0 Å². The van der Waals surface area contributed by atoms with Crippen LogP contribution in [0.15, 0.2) is 36.7 Å². The minimum atomic E-state index is -0.264. The van der Waals surface area contributed by atoms with Gasteiger partial charge < -0.3 is 15.0 Å². The summed E-state index contributed by atoms with van der Waals surface area (Å²) in [7, 11) is 0. The summed E-state index contributed by atoms with van der Waals surface area (Å²) in [6.07, 6.45) is 4.19. The SMILES string of the molecule is Nc1ccc(-c2nccn2C2CCOC2=O)cc1. The van der Waals surface area contributed by atoms with Gasteiger partial charge in [0.05, 0.1) is 6.61 Å². The van der Waals surface area contributed by atoms with Crippen molar-refractivity contribution < 1.29 is 9.53 Å². The van der Waals surface area contributed by atoms with Crippen molar-refractivity contribution in [2.24, 2.45) is 0 Å². The Bertz CT molecular complexity index is 574. The van der Waals surface area contributed by atoms with E-state index in [2.05, 4.69) is 4.98 Å². The van der Waals surface area contributed by atoms with E-state index in [-0.39, 0.29) is 12.0 Å². The molecule has 1 unspecified atom stereocenters. The monoisotopic (exact) mass is 243 g/mol. The van der Waals surface area contributed by atoms with Crippen molar-refractivity contribution in [3.05, 3.63) is 36.7 Å². The van der Waals surface area contributed by atoms with E-state index in [1.54, 1.807) is 6.20 Å². The Morgan fingerprint density at radius 1 is 1.33 bits per heavy atom. The van der Waals surface area contributed by atoms with Crippen LogP contribution in [0.25, 0.3) is 11.4 Å². The summed E-state index contributed by atoms with van der Waals surface area (Å²) in [5.41, 5.74) is 7.31. The van der Waals surface area contributed by atoms with Gasteiger partial charge in [-0.15, -0.1) is 0 Å². The molecule has 18 heavy (non-hydrogen) atoms. The van der Waals surface area contributed by atoms with Crippen LogP contribution in [-0.2, 0) is 9.53 Å². The number of aromatic nitrogens is 2. The molecule has 1 fully saturated rings. The summed E-state index contributed by atoms with van der Waals surface area (Å²) in [6, 6.07) is 7.17. The number of ether oxygens (including phenoxy) is 1. The van der Waals surface area contributed by atoms with Crippen molar-refractivity contribution in [2.75, 3.05) is 12.3 Å². The van der Waals surface area contributed by atoms with Gasteiger partial charge in [-0.05, 0) is 24.3 Å². The maximum absolute atomic E-state index is 11.6. The molecule has 2 N–H and O–H groups in total. The molecule has 5 heteroatoms. The number of nitrogens with two attached hydrogens (primary N) is 1. The molecule has 5 nitrogen and oxygen atoms in total. The smallest absolute Gasteiger partial charge is 0.329 e. The first kappa shape index (κ1) is 10.8. The first-order valence-corrected chi connectivity index (χ1v) is 5.81. The molecule has 0 spiro atoms. The van der Waals surface area contributed by atoms with Gasteiger partial charge in [0.2, 0.25) is 0 Å². The van der Waals surface area contributed by atoms with Gasteiger partial charge in [0.15, 0.2) is 0 Å². The number of imidazole rings is 1. The lowest BCUT2D eigenvalue weighted by atomic mass is 10.1. The third-order valence-electron chi connectivity index (χ3n) is 3.08. The highest BCUT2D eigenvalue weighted by molar-refractivity contribution is 5.77. The van der Waals surface area contributed by atoms with E-state index in [4.69, 9.17) is 10.5 Å². The van der Waals surface area contributed by atoms with E-state index < -0.39 is 0 Å². The van der Waals surface area contributed by atoms with Gasteiger partial charge in [0, 0.05) is 30.1 Å². The number of hydrogen-bond acceptors (Lipinski definition) is 4. The van der Waals surface area contributed by atoms with Gasteiger partial charge >= 0.3 is 5.97 Å². The van der Waals surface area contributed by atoms with E-state index in [0.29, 0.717) is 18.7 Å². The fourth-order valence-corrected chi connectivity index (χ4v) is 2.16. The van der Waals surface area contributed by atoms with Crippen LogP contribution in [0.1, 0.15) is 12.5 Å². The molecule has 0 aliphatic carbocycles. The quantitative estimate of drug-likeness (QED) is 0.642. The van der Waals surface area contributed by atoms with E-state index >= 15 is 0 Å². The molecule has 1 atom stereocenters. The number of nitrogen functional groups attached to an aromatic ring is 1. The molecule has 1 aliphatic heterocycles. The van der Waals surface area contributed by atoms with Gasteiger partial charge in [-0.3, -0.25) is 0 Å². The Hall–Kier alpha value is -2.30. The number of rotatable bonds is 2. The van der Waals surface area contributed by atoms with Crippen molar-refractivity contribution in [2.45, 2.75) is 12.5 Å². The van der Waals surface area contributed by atoms with Gasteiger partial charge in [-0.1, -0.05) is 0 Å². The lowest BCUT2D eigenvalue weighted by molar-refractivity contribution is -0.140. The normalized spacial score (nSPS) is 18.9. The average molecular weight is 243 g/mol. The fraction of sp³-hybridized carbons (Fsp3) is 0.231. The second kappa shape index (κ2) is 4.18. The molecule has 1 aromatic carbocycles. The van der Waals surface area contributed by atoms with E-state index in [0.717, 1.165) is 11.4 Å². The van der Waals surface area contributed by atoms with Crippen molar-refractivity contribution >= 4 is 11.7 Å². The molecule has 1 saturated heterocycles. The first-order valence-electron chi connectivity index (χ1n) is 5.81. The third kappa shape index (κ3) is 1.73. The number of anilines is 1. The molecule has 1 aliphatic rings. The molecule has 1 aromatic heterocycles. The molecule has 0 saturated carbocycles. The van der Waals surface area contributed by atoms with Crippen LogP contribution in [0.2, 0.25) is 0 Å². The van der Waals surface area contributed by atoms with Gasteiger partial charge in [0.25, 0.3) is 0 Å². The lowest BCUT2D eigenvalue weighted by Gasteiger charge is -2.11. The number of nitrogens with zero attached hydrogens (tertiary/aromatic N) is 2. The predicted octanol–water partition coefficient (Wildman–Crippen LogP) is 1.62. The van der Waals surface area contributed by atoms with Crippen molar-refractivity contribution in [1.29, 1.82) is 0 Å². The number of cyclic esters (lactones) is 1. The van der Waals surface area contributed by atoms with Crippen LogP contribution in [0.5, 0.6) is 0 Å². The molecule has 3 rings (SSSR count). The highest BCUT2D eigenvalue weighted by atomic mass is 16.5. The topological polar surface area (TPSA) is 70.1 Å². The average Bonchev–Trinajstić information content (AvgIpc) is 2.98. The van der Waals surface area contributed by atoms with Crippen molar-refractivity contribution in [1.82, 2.24) is 9.55 Å². The van der Waals surface area contributed by atoms with Crippen LogP contribution in [0.3, 0.4) is 0 Å². The second-order valence-corrected chi connectivity index (χ2v) is 4.25. The maximum atomic E-state index is 11.6. The Kier molecular flexibility index (Phi) is 2.51. The van der Waals surface area contributed by atoms with Crippen LogP contribution in [0, 0.1) is 0 Å². The summed E-state index contributed by atoms with van der Waals surface area (Å²) in [5, 5.41) is 0. The number of hydrogen-bond donors (Lipinski definition) is 1. The summed E-state index contributed by atoms with van der Waals surface area (Å²) < 4.78 is 6.85. The first-order chi connectivity index (χ1) is 8.75. The van der Waals surface area contributed by atoms with Crippen LogP contribution in [-0.4, -0.2) is 22.1 Å². The second-order valence-electron chi connectivity index (χ2n) is 4.25. The molecular weight excluding hydrogens is 230 g/mol. The molecule has 0 bridgehead atoms. The highest BCUT2D eigenvalue weighted by Gasteiger charge is 2.29. The van der Waals surface area contributed by atoms with Crippen LogP contribution in [0.4, 0.5) is 5.69 Å². The maximum Gasteiger partial charge on any atom is 0.329 e. The summed E-state index contributed by atoms with van der Waals surface area (Å²) >= 11 is 0. The predicted molar refractivity (Wildman–Crippen MR) is 66.7 cm³/mol. The Labute approximate surface area is 104 Å². The molecule has 2 heterocycles. The largest absolute Gasteiger partial charge is 0.464 e. The zero-order chi connectivity index (χ0) is 12.5. The fourth-order valence-electron chi connectivity index (χ4n) is 2.16. The molecule has 2 aromatic rings. The van der Waals surface area contributed by atoms with Crippen LogP contribution >= 0.6 is 0 Å². The number of esters is 1. The number of carbonyl (C=O) groups excluding carboxylic acids is 1. The zero-order valence-electron chi connectivity index (χ0n) is 9.74. The Balaban J connectivity index is 2.01. The molecule has 92 valence electrons. The molecule has 0 radical (unpaired) electrons. The summed E-state index contributed by atoms with van der Waals surface area (Å²) in [5.74, 6) is 0.573. The zero-order valence-corrected chi connectivity index (χ0v) is 9.74. The standard InChI is InChI=1S/C13H13N3O2/c14-10-3-1-9(2-4-10)12-15-6-7-16(12)11-5-8-18-13(11)17/h1-4,6-7,11H,5,8,14H2. The molecular formula is C13H13N3O2. The van der Waals surface area contributed by atoms with Crippen LogP contribution < -0.4 is 5.73 Å². The lowest BCUT2D eigenvalue weighted by Crippen LogP contribution is -2.14.